The lowest BCUT2D eigenvalue weighted by Crippen LogP contribution is -2.34. The maximum Gasteiger partial charge on any atom is 0.125 e. The lowest BCUT2D eigenvalue weighted by atomic mass is 10.2. The summed E-state index contributed by atoms with van der Waals surface area (Å²) in [6.07, 6.45) is 0.687. The van der Waals surface area contributed by atoms with Crippen molar-refractivity contribution < 1.29 is 4.39 Å². The second-order valence-corrected chi connectivity index (χ2v) is 3.62. The monoisotopic (exact) mass is 208 g/mol. The van der Waals surface area contributed by atoms with Crippen LogP contribution in [0.25, 0.3) is 11.0 Å². The van der Waals surface area contributed by atoms with Gasteiger partial charge in [-0.2, -0.15) is 0 Å². The molecule has 0 aliphatic carbocycles. The molecule has 80 valence electrons. The minimum Gasteiger partial charge on any atom is -0.342 e. The molecule has 0 aliphatic rings. The van der Waals surface area contributed by atoms with Crippen molar-refractivity contribution in [3.05, 3.63) is 29.8 Å². The molecule has 5 heteroatoms. The zero-order valence-electron chi connectivity index (χ0n) is 8.42. The highest BCUT2D eigenvalue weighted by atomic mass is 19.1. The maximum absolute atomic E-state index is 12.9. The van der Waals surface area contributed by atoms with Crippen LogP contribution in [-0.4, -0.2) is 16.0 Å². The second-order valence-electron chi connectivity index (χ2n) is 3.62. The third kappa shape index (κ3) is 2.14. The first-order chi connectivity index (χ1) is 7.19. The Morgan fingerprint density at radius 2 is 2.40 bits per heavy atom. The van der Waals surface area contributed by atoms with E-state index < -0.39 is 0 Å². The van der Waals surface area contributed by atoms with Gasteiger partial charge in [0.25, 0.3) is 0 Å². The first-order valence-corrected chi connectivity index (χ1v) is 4.79. The molecule has 0 aliphatic heterocycles. The molecular weight excluding hydrogens is 195 g/mol. The van der Waals surface area contributed by atoms with Crippen LogP contribution >= 0.6 is 0 Å². The third-order valence-electron chi connectivity index (χ3n) is 2.28. The third-order valence-corrected chi connectivity index (χ3v) is 2.28. The average Bonchev–Trinajstić information content (AvgIpc) is 2.59. The van der Waals surface area contributed by atoms with Crippen LogP contribution < -0.4 is 11.3 Å². The SMILES string of the molecule is CC(Cc1nc2ccc(F)cc2[nH]1)NN. The van der Waals surface area contributed by atoms with Crippen LogP contribution in [-0.2, 0) is 6.42 Å². The quantitative estimate of drug-likeness (QED) is 0.522. The summed E-state index contributed by atoms with van der Waals surface area (Å²) in [5.41, 5.74) is 4.13. The fraction of sp³-hybridized carbons (Fsp3) is 0.300. The number of hydrogen-bond acceptors (Lipinski definition) is 3. The highest BCUT2D eigenvalue weighted by molar-refractivity contribution is 5.74. The molecule has 1 heterocycles. The fourth-order valence-corrected chi connectivity index (χ4v) is 1.48. The number of halogens is 1. The molecular formula is C10H13FN4. The summed E-state index contributed by atoms with van der Waals surface area (Å²) in [6.45, 7) is 1.95. The number of rotatable bonds is 3. The molecule has 0 fully saturated rings. The van der Waals surface area contributed by atoms with Crippen molar-refractivity contribution >= 4 is 11.0 Å². The highest BCUT2D eigenvalue weighted by Crippen LogP contribution is 2.13. The summed E-state index contributed by atoms with van der Waals surface area (Å²) in [5, 5.41) is 0. The van der Waals surface area contributed by atoms with E-state index in [1.807, 2.05) is 6.92 Å². The van der Waals surface area contributed by atoms with E-state index in [-0.39, 0.29) is 11.9 Å². The maximum atomic E-state index is 12.9. The van der Waals surface area contributed by atoms with Gasteiger partial charge < -0.3 is 4.98 Å². The molecule has 1 aromatic carbocycles. The Balaban J connectivity index is 2.30. The summed E-state index contributed by atoms with van der Waals surface area (Å²) >= 11 is 0. The molecule has 1 aromatic heterocycles. The van der Waals surface area contributed by atoms with Crippen LogP contribution in [0.1, 0.15) is 12.7 Å². The van der Waals surface area contributed by atoms with Crippen LogP contribution in [0.4, 0.5) is 4.39 Å². The average molecular weight is 208 g/mol. The van der Waals surface area contributed by atoms with E-state index in [1.165, 1.54) is 12.1 Å². The van der Waals surface area contributed by atoms with Crippen molar-refractivity contribution in [2.75, 3.05) is 0 Å². The van der Waals surface area contributed by atoms with Gasteiger partial charge in [0.1, 0.15) is 11.6 Å². The van der Waals surface area contributed by atoms with Gasteiger partial charge in [-0.05, 0) is 25.1 Å². The molecule has 0 amide bonds. The molecule has 0 saturated carbocycles. The number of hydrazine groups is 1. The van der Waals surface area contributed by atoms with Gasteiger partial charge >= 0.3 is 0 Å². The number of aromatic amines is 1. The standard InChI is InChI=1S/C10H13FN4/c1-6(15-12)4-10-13-8-3-2-7(11)5-9(8)14-10/h2-3,5-6,15H,4,12H2,1H3,(H,13,14). The first kappa shape index (κ1) is 10.1. The Hall–Kier alpha value is -1.46. The molecule has 0 saturated heterocycles. The minimum absolute atomic E-state index is 0.135. The molecule has 1 unspecified atom stereocenters. The van der Waals surface area contributed by atoms with Crippen molar-refractivity contribution in [3.8, 4) is 0 Å². The Morgan fingerprint density at radius 3 is 3.13 bits per heavy atom. The number of benzene rings is 1. The number of imidazole rings is 1. The van der Waals surface area contributed by atoms with E-state index in [9.17, 15) is 4.39 Å². The molecule has 1 atom stereocenters. The van der Waals surface area contributed by atoms with E-state index >= 15 is 0 Å². The van der Waals surface area contributed by atoms with Gasteiger partial charge in [-0.15, -0.1) is 0 Å². The molecule has 2 rings (SSSR count). The Bertz CT molecular complexity index is 465. The van der Waals surface area contributed by atoms with Gasteiger partial charge in [0.05, 0.1) is 11.0 Å². The largest absolute Gasteiger partial charge is 0.342 e. The summed E-state index contributed by atoms with van der Waals surface area (Å²) in [5.74, 6) is 5.83. The van der Waals surface area contributed by atoms with Gasteiger partial charge in [0.2, 0.25) is 0 Å². The van der Waals surface area contributed by atoms with E-state index in [0.717, 1.165) is 11.3 Å². The zero-order valence-corrected chi connectivity index (χ0v) is 8.42. The second kappa shape index (κ2) is 3.96. The Labute approximate surface area is 86.7 Å². The predicted molar refractivity (Wildman–Crippen MR) is 56.5 cm³/mol. The van der Waals surface area contributed by atoms with Crippen LogP contribution in [0.15, 0.2) is 18.2 Å². The molecule has 15 heavy (non-hydrogen) atoms. The number of hydrogen-bond donors (Lipinski definition) is 3. The van der Waals surface area contributed by atoms with Crippen LogP contribution in [0, 0.1) is 5.82 Å². The predicted octanol–water partition coefficient (Wildman–Crippen LogP) is 1.10. The molecule has 4 nitrogen and oxygen atoms in total. The molecule has 2 aromatic rings. The topological polar surface area (TPSA) is 66.7 Å². The molecule has 0 bridgehead atoms. The molecule has 4 N–H and O–H groups in total. The number of aromatic nitrogens is 2. The number of nitrogens with one attached hydrogen (secondary N) is 2. The first-order valence-electron chi connectivity index (χ1n) is 4.79. The lowest BCUT2D eigenvalue weighted by Gasteiger charge is -2.05. The number of fused-ring (bicyclic) bond motifs is 1. The summed E-state index contributed by atoms with van der Waals surface area (Å²) < 4.78 is 12.9. The number of H-pyrrole nitrogens is 1. The van der Waals surface area contributed by atoms with Gasteiger partial charge in [0.15, 0.2) is 0 Å². The summed E-state index contributed by atoms with van der Waals surface area (Å²) in [6, 6.07) is 4.63. The van der Waals surface area contributed by atoms with E-state index in [4.69, 9.17) is 5.84 Å². The number of nitrogens with zero attached hydrogens (tertiary/aromatic N) is 1. The van der Waals surface area contributed by atoms with E-state index in [1.54, 1.807) is 6.07 Å². The summed E-state index contributed by atoms with van der Waals surface area (Å²) in [7, 11) is 0. The van der Waals surface area contributed by atoms with Crippen LogP contribution in [0.5, 0.6) is 0 Å². The lowest BCUT2D eigenvalue weighted by molar-refractivity contribution is 0.557. The Kier molecular flexibility index (Phi) is 2.66. The Morgan fingerprint density at radius 1 is 1.60 bits per heavy atom. The summed E-state index contributed by atoms with van der Waals surface area (Å²) in [4.78, 5) is 7.38. The van der Waals surface area contributed by atoms with E-state index in [0.29, 0.717) is 11.9 Å². The van der Waals surface area contributed by atoms with Gasteiger partial charge in [-0.25, -0.2) is 9.37 Å². The van der Waals surface area contributed by atoms with Crippen molar-refractivity contribution in [2.45, 2.75) is 19.4 Å². The fourth-order valence-electron chi connectivity index (χ4n) is 1.48. The van der Waals surface area contributed by atoms with Gasteiger partial charge in [-0.1, -0.05) is 0 Å². The molecule has 0 radical (unpaired) electrons. The van der Waals surface area contributed by atoms with Crippen molar-refractivity contribution in [1.82, 2.24) is 15.4 Å². The van der Waals surface area contributed by atoms with Crippen molar-refractivity contribution in [2.24, 2.45) is 5.84 Å². The van der Waals surface area contributed by atoms with Gasteiger partial charge in [0, 0.05) is 12.5 Å². The van der Waals surface area contributed by atoms with Crippen LogP contribution in [0.3, 0.4) is 0 Å². The normalized spacial score (nSPS) is 13.3. The van der Waals surface area contributed by atoms with Gasteiger partial charge in [-0.3, -0.25) is 11.3 Å². The zero-order chi connectivity index (χ0) is 10.8. The van der Waals surface area contributed by atoms with E-state index in [2.05, 4.69) is 15.4 Å². The van der Waals surface area contributed by atoms with Crippen LogP contribution in [0.2, 0.25) is 0 Å². The highest BCUT2D eigenvalue weighted by Gasteiger charge is 2.06. The minimum atomic E-state index is -0.261. The van der Waals surface area contributed by atoms with Crippen molar-refractivity contribution in [1.29, 1.82) is 0 Å². The number of nitrogens with two attached hydrogens (primary N) is 1. The molecule has 0 spiro atoms. The van der Waals surface area contributed by atoms with Crippen molar-refractivity contribution in [3.63, 3.8) is 0 Å². The smallest absolute Gasteiger partial charge is 0.125 e.